The Kier molecular flexibility index (Phi) is 5.38. The highest BCUT2D eigenvalue weighted by molar-refractivity contribution is 5.33. The van der Waals surface area contributed by atoms with Crippen molar-refractivity contribution in [1.29, 1.82) is 0 Å². The number of pyridine rings is 1. The largest absolute Gasteiger partial charge is 0.489 e. The van der Waals surface area contributed by atoms with Crippen LogP contribution in [0.5, 0.6) is 5.75 Å². The van der Waals surface area contributed by atoms with E-state index in [0.29, 0.717) is 6.61 Å². The first-order valence-corrected chi connectivity index (χ1v) is 7.77. The van der Waals surface area contributed by atoms with Crippen LogP contribution in [0.15, 0.2) is 79.0 Å². The smallest absolute Gasteiger partial charge is 0.124 e. The Balaban J connectivity index is 1.57. The molecule has 116 valence electrons. The molecule has 0 saturated heterocycles. The van der Waals surface area contributed by atoms with E-state index in [1.807, 2.05) is 60.8 Å². The summed E-state index contributed by atoms with van der Waals surface area (Å²) in [5.41, 5.74) is 3.36. The number of benzene rings is 2. The fourth-order valence-corrected chi connectivity index (χ4v) is 2.35. The molecule has 0 atom stereocenters. The number of rotatable bonds is 7. The molecule has 3 nitrogen and oxygen atoms in total. The summed E-state index contributed by atoms with van der Waals surface area (Å²) >= 11 is 0. The van der Waals surface area contributed by atoms with Gasteiger partial charge in [0, 0.05) is 24.8 Å². The molecule has 0 saturated carbocycles. The molecule has 1 aromatic heterocycles. The van der Waals surface area contributed by atoms with Gasteiger partial charge in [0.25, 0.3) is 0 Å². The van der Waals surface area contributed by atoms with Crippen LogP contribution in [0.2, 0.25) is 0 Å². The molecule has 0 radical (unpaired) electrons. The Morgan fingerprint density at radius 2 is 1.57 bits per heavy atom. The van der Waals surface area contributed by atoms with Crippen LogP contribution in [0.4, 0.5) is 0 Å². The van der Waals surface area contributed by atoms with Crippen molar-refractivity contribution in [2.24, 2.45) is 0 Å². The van der Waals surface area contributed by atoms with Crippen LogP contribution in [-0.2, 0) is 19.7 Å². The van der Waals surface area contributed by atoms with Crippen molar-refractivity contribution in [1.82, 2.24) is 10.3 Å². The summed E-state index contributed by atoms with van der Waals surface area (Å²) in [6, 6.07) is 24.3. The topological polar surface area (TPSA) is 34.1 Å². The van der Waals surface area contributed by atoms with E-state index in [-0.39, 0.29) is 0 Å². The molecule has 23 heavy (non-hydrogen) atoms. The molecule has 3 rings (SSSR count). The molecule has 0 bridgehead atoms. The van der Waals surface area contributed by atoms with Gasteiger partial charge in [-0.25, -0.2) is 0 Å². The zero-order chi connectivity index (χ0) is 15.7. The molecule has 0 spiro atoms. The Hall–Kier alpha value is -2.65. The monoisotopic (exact) mass is 304 g/mol. The molecule has 0 fully saturated rings. The van der Waals surface area contributed by atoms with E-state index in [0.717, 1.165) is 30.1 Å². The summed E-state index contributed by atoms with van der Waals surface area (Å²) < 4.78 is 5.97. The number of nitrogens with one attached hydrogen (secondary N) is 1. The third-order valence-corrected chi connectivity index (χ3v) is 3.56. The summed E-state index contributed by atoms with van der Waals surface area (Å²) in [6.07, 6.45) is 1.81. The van der Waals surface area contributed by atoms with Crippen molar-refractivity contribution in [3.05, 3.63) is 95.8 Å². The predicted octanol–water partition coefficient (Wildman–Crippen LogP) is 3.95. The third-order valence-electron chi connectivity index (χ3n) is 3.56. The molecule has 0 aliphatic carbocycles. The highest BCUT2D eigenvalue weighted by Gasteiger charge is 2.03. The number of para-hydroxylation sites is 1. The zero-order valence-corrected chi connectivity index (χ0v) is 13.0. The van der Waals surface area contributed by atoms with Gasteiger partial charge in [0.1, 0.15) is 12.4 Å². The van der Waals surface area contributed by atoms with Crippen LogP contribution in [0.1, 0.15) is 16.8 Å². The van der Waals surface area contributed by atoms with Gasteiger partial charge in [-0.1, -0.05) is 54.6 Å². The maximum absolute atomic E-state index is 5.97. The SMILES string of the molecule is c1ccc(COc2ccccc2CNCc2ccccn2)cc1. The first-order chi connectivity index (χ1) is 11.4. The maximum Gasteiger partial charge on any atom is 0.124 e. The van der Waals surface area contributed by atoms with Crippen molar-refractivity contribution in [3.63, 3.8) is 0 Å². The van der Waals surface area contributed by atoms with E-state index in [2.05, 4.69) is 28.5 Å². The highest BCUT2D eigenvalue weighted by atomic mass is 16.5. The maximum atomic E-state index is 5.97. The Bertz CT molecular complexity index is 714. The van der Waals surface area contributed by atoms with E-state index in [1.54, 1.807) is 0 Å². The molecule has 2 aromatic carbocycles. The summed E-state index contributed by atoms with van der Waals surface area (Å²) in [5, 5.41) is 3.41. The van der Waals surface area contributed by atoms with Gasteiger partial charge in [-0.15, -0.1) is 0 Å². The number of hydrogen-bond donors (Lipinski definition) is 1. The van der Waals surface area contributed by atoms with E-state index in [9.17, 15) is 0 Å². The summed E-state index contributed by atoms with van der Waals surface area (Å²) in [7, 11) is 0. The lowest BCUT2D eigenvalue weighted by Crippen LogP contribution is -2.14. The lowest BCUT2D eigenvalue weighted by Gasteiger charge is -2.12. The van der Waals surface area contributed by atoms with Crippen molar-refractivity contribution < 1.29 is 4.74 Å². The fourth-order valence-electron chi connectivity index (χ4n) is 2.35. The number of hydrogen-bond acceptors (Lipinski definition) is 3. The normalized spacial score (nSPS) is 10.4. The summed E-state index contributed by atoms with van der Waals surface area (Å²) in [6.45, 7) is 2.08. The lowest BCUT2D eigenvalue weighted by molar-refractivity contribution is 0.302. The van der Waals surface area contributed by atoms with E-state index >= 15 is 0 Å². The Labute approximate surface area is 137 Å². The molecule has 1 heterocycles. The van der Waals surface area contributed by atoms with Crippen LogP contribution in [-0.4, -0.2) is 4.98 Å². The van der Waals surface area contributed by atoms with Crippen molar-refractivity contribution in [2.75, 3.05) is 0 Å². The molecule has 0 amide bonds. The molecule has 3 heteroatoms. The van der Waals surface area contributed by atoms with E-state index in [1.165, 1.54) is 5.56 Å². The van der Waals surface area contributed by atoms with Gasteiger partial charge < -0.3 is 10.1 Å². The molecular weight excluding hydrogens is 284 g/mol. The summed E-state index contributed by atoms with van der Waals surface area (Å²) in [4.78, 5) is 4.31. The van der Waals surface area contributed by atoms with Crippen LogP contribution in [0.3, 0.4) is 0 Å². The molecule has 0 aliphatic heterocycles. The van der Waals surface area contributed by atoms with Gasteiger partial charge >= 0.3 is 0 Å². The Morgan fingerprint density at radius 1 is 0.783 bits per heavy atom. The van der Waals surface area contributed by atoms with Crippen molar-refractivity contribution >= 4 is 0 Å². The molecule has 0 unspecified atom stereocenters. The fraction of sp³-hybridized carbons (Fsp3) is 0.150. The predicted molar refractivity (Wildman–Crippen MR) is 92.0 cm³/mol. The Morgan fingerprint density at radius 3 is 2.39 bits per heavy atom. The van der Waals surface area contributed by atoms with Gasteiger partial charge in [-0.2, -0.15) is 0 Å². The molecule has 1 N–H and O–H groups in total. The van der Waals surface area contributed by atoms with Gasteiger partial charge in [-0.3, -0.25) is 4.98 Å². The van der Waals surface area contributed by atoms with Crippen LogP contribution in [0, 0.1) is 0 Å². The standard InChI is InChI=1S/C20H20N2O/c1-2-8-17(9-3-1)16-23-20-12-5-4-10-18(20)14-21-15-19-11-6-7-13-22-19/h1-13,21H,14-16H2. The van der Waals surface area contributed by atoms with Crippen molar-refractivity contribution in [2.45, 2.75) is 19.7 Å². The minimum Gasteiger partial charge on any atom is -0.489 e. The first kappa shape index (κ1) is 15.3. The van der Waals surface area contributed by atoms with Gasteiger partial charge in [-0.05, 0) is 23.8 Å². The third kappa shape index (κ3) is 4.66. The van der Waals surface area contributed by atoms with E-state index in [4.69, 9.17) is 4.74 Å². The van der Waals surface area contributed by atoms with Gasteiger partial charge in [0.05, 0.1) is 5.69 Å². The molecule has 0 aliphatic rings. The van der Waals surface area contributed by atoms with Crippen molar-refractivity contribution in [3.8, 4) is 5.75 Å². The molecular formula is C20H20N2O. The second-order valence-corrected chi connectivity index (χ2v) is 5.31. The number of aromatic nitrogens is 1. The number of ether oxygens (including phenoxy) is 1. The molecule has 3 aromatic rings. The zero-order valence-electron chi connectivity index (χ0n) is 13.0. The highest BCUT2D eigenvalue weighted by Crippen LogP contribution is 2.19. The van der Waals surface area contributed by atoms with Gasteiger partial charge in [0.2, 0.25) is 0 Å². The average Bonchev–Trinajstić information content (AvgIpc) is 2.63. The van der Waals surface area contributed by atoms with Gasteiger partial charge in [0.15, 0.2) is 0 Å². The second-order valence-electron chi connectivity index (χ2n) is 5.31. The second kappa shape index (κ2) is 8.11. The van der Waals surface area contributed by atoms with E-state index < -0.39 is 0 Å². The number of nitrogens with zero attached hydrogens (tertiary/aromatic N) is 1. The van der Waals surface area contributed by atoms with Crippen LogP contribution >= 0.6 is 0 Å². The average molecular weight is 304 g/mol. The minimum atomic E-state index is 0.581. The summed E-state index contributed by atoms with van der Waals surface area (Å²) in [5.74, 6) is 0.921. The minimum absolute atomic E-state index is 0.581. The van der Waals surface area contributed by atoms with Crippen LogP contribution < -0.4 is 10.1 Å². The lowest BCUT2D eigenvalue weighted by atomic mass is 10.2. The van der Waals surface area contributed by atoms with Crippen LogP contribution in [0.25, 0.3) is 0 Å². The first-order valence-electron chi connectivity index (χ1n) is 7.77. The quantitative estimate of drug-likeness (QED) is 0.717.